The van der Waals surface area contributed by atoms with Crippen LogP contribution >= 0.6 is 0 Å². The van der Waals surface area contributed by atoms with Crippen LogP contribution in [0.2, 0.25) is 0 Å². The molecule has 6 heteroatoms. The van der Waals surface area contributed by atoms with Gasteiger partial charge in [0.1, 0.15) is 17.4 Å². The zero-order valence-electron chi connectivity index (χ0n) is 11.3. The van der Waals surface area contributed by atoms with E-state index >= 15 is 0 Å². The molecule has 110 valence electrons. The summed E-state index contributed by atoms with van der Waals surface area (Å²) in [7, 11) is 1.38. The molecule has 0 spiro atoms. The van der Waals surface area contributed by atoms with E-state index in [0.29, 0.717) is 11.3 Å². The zero-order valence-corrected chi connectivity index (χ0v) is 11.3. The molecule has 0 atom stereocenters. The number of amides is 2. The molecule has 2 aromatic carbocycles. The van der Waals surface area contributed by atoms with Gasteiger partial charge in [0.05, 0.1) is 12.8 Å². The van der Waals surface area contributed by atoms with Crippen molar-refractivity contribution in [3.8, 4) is 5.75 Å². The summed E-state index contributed by atoms with van der Waals surface area (Å²) in [4.78, 5) is 11.8. The molecule has 0 aliphatic rings. The Bertz CT molecular complexity index is 647. The lowest BCUT2D eigenvalue weighted by Gasteiger charge is -2.11. The van der Waals surface area contributed by atoms with E-state index in [-0.39, 0.29) is 18.1 Å². The van der Waals surface area contributed by atoms with Crippen molar-refractivity contribution >= 4 is 11.7 Å². The summed E-state index contributed by atoms with van der Waals surface area (Å²) < 4.78 is 31.0. The fourth-order valence-corrected chi connectivity index (χ4v) is 1.76. The maximum atomic E-state index is 13.0. The Morgan fingerprint density at radius 3 is 2.62 bits per heavy atom. The number of urea groups is 1. The van der Waals surface area contributed by atoms with Crippen molar-refractivity contribution in [3.63, 3.8) is 0 Å². The Kier molecular flexibility index (Phi) is 4.71. The lowest BCUT2D eigenvalue weighted by molar-refractivity contribution is 0.251. The molecule has 0 heterocycles. The first kappa shape index (κ1) is 14.8. The third-order valence-corrected chi connectivity index (χ3v) is 2.75. The second-order valence-electron chi connectivity index (χ2n) is 4.28. The van der Waals surface area contributed by atoms with Crippen LogP contribution < -0.4 is 15.4 Å². The molecule has 2 amide bonds. The maximum Gasteiger partial charge on any atom is 0.319 e. The van der Waals surface area contributed by atoms with E-state index in [0.717, 1.165) is 0 Å². The second kappa shape index (κ2) is 6.69. The average Bonchev–Trinajstić information content (AvgIpc) is 2.47. The monoisotopic (exact) mass is 292 g/mol. The van der Waals surface area contributed by atoms with Crippen LogP contribution in [0.5, 0.6) is 5.75 Å². The van der Waals surface area contributed by atoms with Crippen LogP contribution in [-0.4, -0.2) is 13.1 Å². The minimum Gasteiger partial charge on any atom is -0.494 e. The molecule has 0 bridgehead atoms. The molecule has 2 N–H and O–H groups in total. The zero-order chi connectivity index (χ0) is 15.2. The highest BCUT2D eigenvalue weighted by molar-refractivity contribution is 5.90. The van der Waals surface area contributed by atoms with Gasteiger partial charge < -0.3 is 15.4 Å². The van der Waals surface area contributed by atoms with Crippen LogP contribution in [0.3, 0.4) is 0 Å². The molecule has 21 heavy (non-hydrogen) atoms. The largest absolute Gasteiger partial charge is 0.494 e. The third kappa shape index (κ3) is 4.17. The van der Waals surface area contributed by atoms with Crippen molar-refractivity contribution in [1.82, 2.24) is 5.32 Å². The Labute approximate surface area is 120 Å². The number of methoxy groups -OCH3 is 1. The summed E-state index contributed by atoms with van der Waals surface area (Å²) in [5, 5.41) is 5.11. The van der Waals surface area contributed by atoms with Crippen LogP contribution in [0.15, 0.2) is 42.5 Å². The Morgan fingerprint density at radius 2 is 1.90 bits per heavy atom. The number of hydrogen-bond donors (Lipinski definition) is 2. The average molecular weight is 292 g/mol. The summed E-state index contributed by atoms with van der Waals surface area (Å²) in [6.07, 6.45) is 0. The predicted molar refractivity (Wildman–Crippen MR) is 75.2 cm³/mol. The van der Waals surface area contributed by atoms with Gasteiger partial charge in [-0.2, -0.15) is 0 Å². The first-order chi connectivity index (χ1) is 10.1. The highest BCUT2D eigenvalue weighted by Crippen LogP contribution is 2.24. The van der Waals surface area contributed by atoms with Gasteiger partial charge in [-0.15, -0.1) is 0 Å². The summed E-state index contributed by atoms with van der Waals surface area (Å²) >= 11 is 0. The van der Waals surface area contributed by atoms with Crippen molar-refractivity contribution in [1.29, 1.82) is 0 Å². The minimum atomic E-state index is -0.496. The summed E-state index contributed by atoms with van der Waals surface area (Å²) in [5.41, 5.74) is 0.979. The maximum absolute atomic E-state index is 13.0. The third-order valence-electron chi connectivity index (χ3n) is 2.75. The molecule has 2 rings (SSSR count). The molecule has 0 aromatic heterocycles. The molecule has 2 aromatic rings. The van der Waals surface area contributed by atoms with Crippen LogP contribution in [0.25, 0.3) is 0 Å². The van der Waals surface area contributed by atoms with Gasteiger partial charge in [-0.3, -0.25) is 0 Å². The molecule has 0 aliphatic carbocycles. The van der Waals surface area contributed by atoms with E-state index in [1.807, 2.05) is 0 Å². The van der Waals surface area contributed by atoms with E-state index in [4.69, 9.17) is 4.74 Å². The molecule has 0 fully saturated rings. The smallest absolute Gasteiger partial charge is 0.319 e. The quantitative estimate of drug-likeness (QED) is 0.908. The van der Waals surface area contributed by atoms with Crippen molar-refractivity contribution in [2.24, 2.45) is 0 Å². The van der Waals surface area contributed by atoms with E-state index in [2.05, 4.69) is 10.6 Å². The van der Waals surface area contributed by atoms with Crippen LogP contribution in [-0.2, 0) is 6.54 Å². The van der Waals surface area contributed by atoms with Gasteiger partial charge in [0.2, 0.25) is 0 Å². The Morgan fingerprint density at radius 1 is 1.14 bits per heavy atom. The summed E-state index contributed by atoms with van der Waals surface area (Å²) in [5.74, 6) is -0.608. The van der Waals surface area contributed by atoms with Crippen LogP contribution in [0.1, 0.15) is 5.56 Å². The van der Waals surface area contributed by atoms with Gasteiger partial charge in [0, 0.05) is 12.6 Å². The van der Waals surface area contributed by atoms with Crippen molar-refractivity contribution < 1.29 is 18.3 Å². The van der Waals surface area contributed by atoms with E-state index in [1.165, 1.54) is 37.4 Å². The number of carbonyl (C=O) groups is 1. The first-order valence-corrected chi connectivity index (χ1v) is 6.21. The molecular weight excluding hydrogens is 278 g/mol. The van der Waals surface area contributed by atoms with Gasteiger partial charge >= 0.3 is 6.03 Å². The topological polar surface area (TPSA) is 50.4 Å². The number of ether oxygens (including phenoxy) is 1. The summed E-state index contributed by atoms with van der Waals surface area (Å²) in [6, 6.07) is 9.20. The fourth-order valence-electron chi connectivity index (χ4n) is 1.76. The molecule has 0 unspecified atom stereocenters. The first-order valence-electron chi connectivity index (χ1n) is 6.21. The Hall–Kier alpha value is -2.63. The minimum absolute atomic E-state index is 0.174. The van der Waals surface area contributed by atoms with Gasteiger partial charge in [-0.25, -0.2) is 13.6 Å². The van der Waals surface area contributed by atoms with E-state index in [9.17, 15) is 13.6 Å². The molecular formula is C15H14F2N2O2. The highest BCUT2D eigenvalue weighted by atomic mass is 19.1. The van der Waals surface area contributed by atoms with Crippen molar-refractivity contribution in [2.45, 2.75) is 6.54 Å². The van der Waals surface area contributed by atoms with Gasteiger partial charge in [-0.05, 0) is 29.8 Å². The van der Waals surface area contributed by atoms with Crippen LogP contribution in [0, 0.1) is 11.6 Å². The second-order valence-corrected chi connectivity index (χ2v) is 4.28. The number of anilines is 1. The standard InChI is InChI=1S/C15H14F2N2O2/c1-21-14-8-12(17)5-6-13(14)19-15(20)18-9-10-3-2-4-11(16)7-10/h2-8H,9H2,1H3,(H2,18,19,20). The molecule has 0 aliphatic heterocycles. The molecule has 0 saturated carbocycles. The SMILES string of the molecule is COc1cc(F)ccc1NC(=O)NCc1cccc(F)c1. The summed E-state index contributed by atoms with van der Waals surface area (Å²) in [6.45, 7) is 0.174. The number of hydrogen-bond acceptors (Lipinski definition) is 2. The molecule has 4 nitrogen and oxygen atoms in total. The number of carbonyl (C=O) groups excluding carboxylic acids is 1. The van der Waals surface area contributed by atoms with E-state index in [1.54, 1.807) is 12.1 Å². The van der Waals surface area contributed by atoms with E-state index < -0.39 is 11.8 Å². The molecule has 0 radical (unpaired) electrons. The van der Waals surface area contributed by atoms with Gasteiger partial charge in [0.25, 0.3) is 0 Å². The van der Waals surface area contributed by atoms with Crippen LogP contribution in [0.4, 0.5) is 19.3 Å². The van der Waals surface area contributed by atoms with Gasteiger partial charge in [0.15, 0.2) is 0 Å². The van der Waals surface area contributed by atoms with Crippen molar-refractivity contribution in [2.75, 3.05) is 12.4 Å². The lowest BCUT2D eigenvalue weighted by Crippen LogP contribution is -2.28. The number of benzene rings is 2. The normalized spacial score (nSPS) is 10.0. The Balaban J connectivity index is 1.96. The lowest BCUT2D eigenvalue weighted by atomic mass is 10.2. The highest BCUT2D eigenvalue weighted by Gasteiger charge is 2.08. The number of nitrogens with one attached hydrogen (secondary N) is 2. The predicted octanol–water partition coefficient (Wildman–Crippen LogP) is 3.30. The van der Waals surface area contributed by atoms with Gasteiger partial charge in [-0.1, -0.05) is 12.1 Å². The number of rotatable bonds is 4. The number of halogens is 2. The molecule has 0 saturated heterocycles. The van der Waals surface area contributed by atoms with Crippen molar-refractivity contribution in [3.05, 3.63) is 59.7 Å². The fraction of sp³-hybridized carbons (Fsp3) is 0.133.